The van der Waals surface area contributed by atoms with Crippen molar-refractivity contribution in [1.29, 1.82) is 0 Å². The fourth-order valence-electron chi connectivity index (χ4n) is 2.53. The Hall–Kier alpha value is -1.92. The lowest BCUT2D eigenvalue weighted by Crippen LogP contribution is -2.26. The zero-order valence-corrected chi connectivity index (χ0v) is 15.9. The van der Waals surface area contributed by atoms with Crippen LogP contribution in [0, 0.1) is 0 Å². The van der Waals surface area contributed by atoms with E-state index in [4.69, 9.17) is 0 Å². The highest BCUT2D eigenvalue weighted by Crippen LogP contribution is 2.40. The largest absolute Gasteiger partial charge is 0.349 e. The first-order valence-corrected chi connectivity index (χ1v) is 11.0. The Bertz CT molecular complexity index is 763. The standard InChI is InChI=1S/C20H20N2O2S2/c23-19(21-13-9-10-13)15-5-1-3-7-17(15)25-26-18-8-4-2-6-16(18)20(24)22-14-11-12-14/h1-8,13-14H,9-12H2,(H,21,23)(H,22,24). The summed E-state index contributed by atoms with van der Waals surface area (Å²) in [6.45, 7) is 0. The molecule has 0 heterocycles. The van der Waals surface area contributed by atoms with Gasteiger partial charge < -0.3 is 10.6 Å². The van der Waals surface area contributed by atoms with Gasteiger partial charge in [0.05, 0.1) is 11.1 Å². The molecule has 2 amide bonds. The van der Waals surface area contributed by atoms with Crippen LogP contribution in [-0.4, -0.2) is 23.9 Å². The van der Waals surface area contributed by atoms with Gasteiger partial charge in [-0.3, -0.25) is 9.59 Å². The molecule has 6 heteroatoms. The minimum atomic E-state index is -0.0176. The Morgan fingerprint density at radius 1 is 0.692 bits per heavy atom. The molecule has 2 aliphatic rings. The first-order valence-electron chi connectivity index (χ1n) is 8.85. The van der Waals surface area contributed by atoms with E-state index in [9.17, 15) is 9.59 Å². The maximum Gasteiger partial charge on any atom is 0.252 e. The third kappa shape index (κ3) is 4.43. The Morgan fingerprint density at radius 2 is 1.08 bits per heavy atom. The lowest BCUT2D eigenvalue weighted by atomic mass is 10.2. The molecule has 0 unspecified atom stereocenters. The second-order valence-corrected chi connectivity index (χ2v) is 8.87. The number of carbonyl (C=O) groups is 2. The third-order valence-electron chi connectivity index (χ3n) is 4.31. The van der Waals surface area contributed by atoms with Gasteiger partial charge in [0.2, 0.25) is 0 Å². The molecule has 0 spiro atoms. The van der Waals surface area contributed by atoms with Crippen molar-refractivity contribution in [2.24, 2.45) is 0 Å². The summed E-state index contributed by atoms with van der Waals surface area (Å²) in [4.78, 5) is 26.7. The van der Waals surface area contributed by atoms with Crippen molar-refractivity contribution in [2.45, 2.75) is 47.6 Å². The van der Waals surface area contributed by atoms with Gasteiger partial charge in [-0.15, -0.1) is 0 Å². The summed E-state index contributed by atoms with van der Waals surface area (Å²) in [5.74, 6) is -0.0353. The smallest absolute Gasteiger partial charge is 0.252 e. The maximum atomic E-state index is 12.4. The zero-order valence-electron chi connectivity index (χ0n) is 14.2. The molecule has 2 saturated carbocycles. The molecule has 26 heavy (non-hydrogen) atoms. The van der Waals surface area contributed by atoms with Gasteiger partial charge in [-0.05, 0) is 49.9 Å². The minimum Gasteiger partial charge on any atom is -0.349 e. The summed E-state index contributed by atoms with van der Waals surface area (Å²) in [7, 11) is 3.04. The van der Waals surface area contributed by atoms with E-state index in [0.717, 1.165) is 35.5 Å². The van der Waals surface area contributed by atoms with Crippen molar-refractivity contribution in [2.75, 3.05) is 0 Å². The van der Waals surface area contributed by atoms with E-state index in [0.29, 0.717) is 23.2 Å². The Balaban J connectivity index is 1.47. The minimum absolute atomic E-state index is 0.0176. The summed E-state index contributed by atoms with van der Waals surface area (Å²) in [5.41, 5.74) is 1.38. The number of benzene rings is 2. The Morgan fingerprint density at radius 3 is 1.46 bits per heavy atom. The highest BCUT2D eigenvalue weighted by Gasteiger charge is 2.26. The average molecular weight is 385 g/mol. The van der Waals surface area contributed by atoms with E-state index in [2.05, 4.69) is 10.6 Å². The van der Waals surface area contributed by atoms with E-state index in [1.54, 1.807) is 0 Å². The van der Waals surface area contributed by atoms with E-state index >= 15 is 0 Å². The van der Waals surface area contributed by atoms with E-state index < -0.39 is 0 Å². The van der Waals surface area contributed by atoms with Crippen molar-refractivity contribution in [3.05, 3.63) is 59.7 Å². The molecule has 0 radical (unpaired) electrons. The normalized spacial score (nSPS) is 16.2. The molecule has 2 aromatic rings. The quantitative estimate of drug-likeness (QED) is 0.700. The first-order chi connectivity index (χ1) is 12.7. The molecule has 134 valence electrons. The Labute approximate surface area is 160 Å². The van der Waals surface area contributed by atoms with E-state index in [1.807, 2.05) is 48.5 Å². The number of nitrogens with one attached hydrogen (secondary N) is 2. The van der Waals surface area contributed by atoms with Crippen LogP contribution >= 0.6 is 21.6 Å². The molecule has 0 aliphatic heterocycles. The molecule has 0 atom stereocenters. The Kier molecular flexibility index (Phi) is 5.22. The summed E-state index contributed by atoms with van der Waals surface area (Å²) in [6.07, 6.45) is 4.27. The molecule has 2 fully saturated rings. The van der Waals surface area contributed by atoms with Crippen LogP contribution in [-0.2, 0) is 0 Å². The fourth-order valence-corrected chi connectivity index (χ4v) is 4.88. The van der Waals surface area contributed by atoms with Crippen molar-refractivity contribution >= 4 is 33.4 Å². The highest BCUT2D eigenvalue weighted by atomic mass is 33.1. The third-order valence-corrected chi connectivity index (χ3v) is 6.79. The molecular formula is C20H20N2O2S2. The molecule has 4 rings (SSSR count). The van der Waals surface area contributed by atoms with Crippen LogP contribution in [0.2, 0.25) is 0 Å². The van der Waals surface area contributed by atoms with Gasteiger partial charge in [-0.25, -0.2) is 0 Å². The fraction of sp³-hybridized carbons (Fsp3) is 0.300. The summed E-state index contributed by atoms with van der Waals surface area (Å²) in [6, 6.07) is 15.9. The second kappa shape index (κ2) is 7.76. The van der Waals surface area contributed by atoms with Gasteiger partial charge in [0.15, 0.2) is 0 Å². The van der Waals surface area contributed by atoms with Crippen LogP contribution in [0.1, 0.15) is 46.4 Å². The van der Waals surface area contributed by atoms with Crippen LogP contribution in [0.25, 0.3) is 0 Å². The molecule has 4 nitrogen and oxygen atoms in total. The topological polar surface area (TPSA) is 58.2 Å². The molecule has 0 aromatic heterocycles. The van der Waals surface area contributed by atoms with Crippen molar-refractivity contribution < 1.29 is 9.59 Å². The van der Waals surface area contributed by atoms with Gasteiger partial charge >= 0.3 is 0 Å². The predicted molar refractivity (Wildman–Crippen MR) is 106 cm³/mol. The predicted octanol–water partition coefficient (Wildman–Crippen LogP) is 4.27. The number of hydrogen-bond donors (Lipinski definition) is 2. The van der Waals surface area contributed by atoms with Gasteiger partial charge in [-0.2, -0.15) is 0 Å². The molecule has 2 N–H and O–H groups in total. The van der Waals surface area contributed by atoms with Crippen molar-refractivity contribution in [3.63, 3.8) is 0 Å². The lowest BCUT2D eigenvalue weighted by Gasteiger charge is -2.11. The SMILES string of the molecule is O=C(NC1CC1)c1ccccc1SSc1ccccc1C(=O)NC1CC1. The van der Waals surface area contributed by atoms with Gasteiger partial charge in [0.25, 0.3) is 11.8 Å². The van der Waals surface area contributed by atoms with E-state index in [-0.39, 0.29) is 11.8 Å². The summed E-state index contributed by atoms with van der Waals surface area (Å²) in [5, 5.41) is 6.08. The number of hydrogen-bond acceptors (Lipinski definition) is 4. The molecule has 0 bridgehead atoms. The lowest BCUT2D eigenvalue weighted by molar-refractivity contribution is 0.0939. The molecule has 2 aliphatic carbocycles. The maximum absolute atomic E-state index is 12.4. The molecule has 0 saturated heterocycles. The number of rotatable bonds is 7. The van der Waals surface area contributed by atoms with Gasteiger partial charge in [0, 0.05) is 21.9 Å². The van der Waals surface area contributed by atoms with Crippen LogP contribution in [0.3, 0.4) is 0 Å². The molecule has 2 aromatic carbocycles. The van der Waals surface area contributed by atoms with E-state index in [1.165, 1.54) is 21.6 Å². The zero-order chi connectivity index (χ0) is 17.9. The average Bonchev–Trinajstić information content (AvgIpc) is 3.57. The number of carbonyl (C=O) groups excluding carboxylic acids is 2. The number of amides is 2. The monoisotopic (exact) mass is 384 g/mol. The van der Waals surface area contributed by atoms with Gasteiger partial charge in [-0.1, -0.05) is 45.9 Å². The van der Waals surface area contributed by atoms with Crippen LogP contribution in [0.15, 0.2) is 58.3 Å². The van der Waals surface area contributed by atoms with Crippen LogP contribution in [0.4, 0.5) is 0 Å². The van der Waals surface area contributed by atoms with Crippen LogP contribution < -0.4 is 10.6 Å². The van der Waals surface area contributed by atoms with Gasteiger partial charge in [0.1, 0.15) is 0 Å². The summed E-state index contributed by atoms with van der Waals surface area (Å²) < 4.78 is 0. The highest BCUT2D eigenvalue weighted by molar-refractivity contribution is 8.76. The van der Waals surface area contributed by atoms with Crippen molar-refractivity contribution in [3.8, 4) is 0 Å². The second-order valence-electron chi connectivity index (χ2n) is 6.65. The summed E-state index contributed by atoms with van der Waals surface area (Å²) >= 11 is 0. The van der Waals surface area contributed by atoms with Crippen molar-refractivity contribution in [1.82, 2.24) is 10.6 Å². The first kappa shape index (κ1) is 17.5. The van der Waals surface area contributed by atoms with Crippen LogP contribution in [0.5, 0.6) is 0 Å². The molecular weight excluding hydrogens is 364 g/mol.